The number of benzene rings is 3. The van der Waals surface area contributed by atoms with Gasteiger partial charge in [-0.1, -0.05) is 0 Å². The molecule has 0 aliphatic carbocycles. The van der Waals surface area contributed by atoms with Crippen molar-refractivity contribution in [3.8, 4) is 0 Å². The Hall–Kier alpha value is -1.47. The number of hydrogen-bond donors (Lipinski definition) is 0. The summed E-state index contributed by atoms with van der Waals surface area (Å²) in [4.78, 5) is 2.29. The first-order valence-electron chi connectivity index (χ1n) is 9.55. The molecule has 0 bridgehead atoms. The van der Waals surface area contributed by atoms with Crippen LogP contribution in [0.3, 0.4) is 0 Å². The molecule has 0 aliphatic rings. The summed E-state index contributed by atoms with van der Waals surface area (Å²) in [5.74, 6) is 0. The molecule has 3 aromatic rings. The van der Waals surface area contributed by atoms with E-state index < -0.39 is 7.26 Å². The zero-order valence-electron chi connectivity index (χ0n) is 16.3. The van der Waals surface area contributed by atoms with E-state index in [0.717, 1.165) is 6.54 Å². The number of nitrogens with zero attached hydrogens (tertiary/aromatic N) is 1. The average molecular weight is 444 g/mol. The quantitative estimate of drug-likeness (QED) is 0.362. The van der Waals surface area contributed by atoms with E-state index in [0.29, 0.717) is 0 Å². The molecule has 3 aromatic carbocycles. The van der Waals surface area contributed by atoms with E-state index in [1.807, 2.05) is 0 Å². The Balaban J connectivity index is 0.00000261. The third kappa shape index (κ3) is 5.29. The maximum atomic E-state index is 2.35. The van der Waals surface area contributed by atoms with Crippen LogP contribution in [0.5, 0.6) is 0 Å². The van der Waals surface area contributed by atoms with Crippen molar-refractivity contribution in [3.63, 3.8) is 0 Å². The average Bonchev–Trinajstić information content (AvgIpc) is 2.70. The Morgan fingerprint density at radius 1 is 0.593 bits per heavy atom. The van der Waals surface area contributed by atoms with Crippen LogP contribution in [0.25, 0.3) is 0 Å². The van der Waals surface area contributed by atoms with Gasteiger partial charge in [0.05, 0.1) is 0 Å². The predicted molar refractivity (Wildman–Crippen MR) is 130 cm³/mol. The maximum absolute atomic E-state index is 2.35. The van der Waals surface area contributed by atoms with E-state index in [9.17, 15) is 0 Å². The van der Waals surface area contributed by atoms with E-state index in [1.54, 1.807) is 0 Å². The molecule has 0 saturated carbocycles. The van der Waals surface area contributed by atoms with Crippen molar-refractivity contribution in [1.82, 2.24) is 4.90 Å². The molecule has 0 aliphatic heterocycles. The molecular formula is C24H31BrNP. The van der Waals surface area contributed by atoms with Crippen LogP contribution in [0.2, 0.25) is 0 Å². The molecule has 1 nitrogen and oxygen atoms in total. The summed E-state index contributed by atoms with van der Waals surface area (Å²) in [7, 11) is 2.31. The summed E-state index contributed by atoms with van der Waals surface area (Å²) < 4.78 is 0. The van der Waals surface area contributed by atoms with E-state index in [-0.39, 0.29) is 17.0 Å². The van der Waals surface area contributed by atoms with Crippen LogP contribution in [-0.2, 0) is 0 Å². The van der Waals surface area contributed by atoms with Crippen LogP contribution >= 0.6 is 24.2 Å². The summed E-state index contributed by atoms with van der Waals surface area (Å²) in [6.07, 6.45) is 3.75. The van der Waals surface area contributed by atoms with Crippen molar-refractivity contribution in [2.24, 2.45) is 0 Å². The first kappa shape index (κ1) is 21.8. The summed E-state index contributed by atoms with van der Waals surface area (Å²) in [6, 6.07) is 33.6. The van der Waals surface area contributed by atoms with Gasteiger partial charge in [0.25, 0.3) is 0 Å². The Morgan fingerprint density at radius 2 is 0.963 bits per heavy atom. The molecule has 3 heteroatoms. The van der Waals surface area contributed by atoms with Gasteiger partial charge in [-0.3, -0.25) is 0 Å². The van der Waals surface area contributed by atoms with Gasteiger partial charge in [-0.2, -0.15) is 0 Å². The van der Waals surface area contributed by atoms with Crippen LogP contribution in [-0.4, -0.2) is 31.7 Å². The topological polar surface area (TPSA) is 3.24 Å². The van der Waals surface area contributed by atoms with E-state index >= 15 is 0 Å². The van der Waals surface area contributed by atoms with Gasteiger partial charge in [0.2, 0.25) is 0 Å². The minimum atomic E-state index is -2.01. The molecule has 144 valence electrons. The molecule has 3 rings (SSSR count). The minimum absolute atomic E-state index is 0. The molecule has 0 atom stereocenters. The normalized spacial score (nSPS) is 11.8. The molecule has 0 radical (unpaired) electrons. The second kappa shape index (κ2) is 10.8. The van der Waals surface area contributed by atoms with Crippen molar-refractivity contribution in [2.45, 2.75) is 12.8 Å². The Bertz CT molecular complexity index is 679. The molecule has 0 saturated heterocycles. The van der Waals surface area contributed by atoms with Crippen molar-refractivity contribution in [3.05, 3.63) is 91.0 Å². The van der Waals surface area contributed by atoms with Gasteiger partial charge in [0, 0.05) is 0 Å². The van der Waals surface area contributed by atoms with Gasteiger partial charge in [-0.15, -0.1) is 17.0 Å². The number of rotatable bonds is 8. The van der Waals surface area contributed by atoms with Gasteiger partial charge in [-0.05, 0) is 0 Å². The Morgan fingerprint density at radius 3 is 1.30 bits per heavy atom. The molecule has 0 fully saturated rings. The van der Waals surface area contributed by atoms with Gasteiger partial charge in [0.1, 0.15) is 0 Å². The molecule has 0 N–H and O–H groups in total. The summed E-state index contributed by atoms with van der Waals surface area (Å²) >= 11 is 0. The zero-order valence-corrected chi connectivity index (χ0v) is 19.1. The first-order chi connectivity index (χ1) is 12.7. The van der Waals surface area contributed by atoms with Crippen molar-refractivity contribution in [1.29, 1.82) is 0 Å². The summed E-state index contributed by atoms with van der Waals surface area (Å²) in [5, 5.41) is 4.55. The van der Waals surface area contributed by atoms with E-state index in [4.69, 9.17) is 0 Å². The second-order valence-electron chi connectivity index (χ2n) is 7.26. The fourth-order valence-electron chi connectivity index (χ4n) is 3.92. The number of halogens is 1. The van der Waals surface area contributed by atoms with Gasteiger partial charge >= 0.3 is 159 Å². The molecule has 0 heterocycles. The van der Waals surface area contributed by atoms with Gasteiger partial charge in [0.15, 0.2) is 0 Å². The Labute approximate surface area is 175 Å². The molecule has 0 amide bonds. The fraction of sp³-hybridized carbons (Fsp3) is 0.250. The Kier molecular flexibility index (Phi) is 8.70. The van der Waals surface area contributed by atoms with Gasteiger partial charge in [-0.25, -0.2) is 0 Å². The molecule has 27 heavy (non-hydrogen) atoms. The van der Waals surface area contributed by atoms with Crippen molar-refractivity contribution in [2.75, 3.05) is 26.8 Å². The van der Waals surface area contributed by atoms with Crippen LogP contribution in [0.15, 0.2) is 91.0 Å². The third-order valence-electron chi connectivity index (χ3n) is 5.21. The van der Waals surface area contributed by atoms with E-state index in [2.05, 4.69) is 110 Å². The molecule has 0 unspecified atom stereocenters. The van der Waals surface area contributed by atoms with Crippen molar-refractivity contribution >= 4 is 40.2 Å². The SMILES string of the molecule is Br.CN(C)CCCC[PH](c1ccccc1)(c1ccccc1)c1ccccc1. The standard InChI is InChI=1S/C24H30NP.BrH/c1-25(2)20-12-13-21-26(22-14-6-3-7-15-22,23-16-8-4-9-17-23)24-18-10-5-11-19-24;/h3-11,14-19,26H,12-13,20-21H2,1-2H3;1H. The van der Waals surface area contributed by atoms with Crippen LogP contribution in [0, 0.1) is 0 Å². The van der Waals surface area contributed by atoms with E-state index in [1.165, 1.54) is 34.9 Å². The predicted octanol–water partition coefficient (Wildman–Crippen LogP) is 4.63. The van der Waals surface area contributed by atoms with Crippen molar-refractivity contribution < 1.29 is 0 Å². The number of unbranched alkanes of at least 4 members (excludes halogenated alkanes) is 1. The summed E-state index contributed by atoms with van der Waals surface area (Å²) in [6.45, 7) is 1.16. The first-order valence-corrected chi connectivity index (χ1v) is 11.8. The van der Waals surface area contributed by atoms with Crippen LogP contribution in [0.1, 0.15) is 12.8 Å². The number of hydrogen-bond acceptors (Lipinski definition) is 1. The second-order valence-corrected chi connectivity index (χ2v) is 11.3. The summed E-state index contributed by atoms with van der Waals surface area (Å²) in [5.41, 5.74) is 0. The van der Waals surface area contributed by atoms with Crippen LogP contribution in [0.4, 0.5) is 0 Å². The fourth-order valence-corrected chi connectivity index (χ4v) is 8.85. The van der Waals surface area contributed by atoms with Gasteiger partial charge < -0.3 is 0 Å². The molecule has 0 aromatic heterocycles. The zero-order chi connectivity index (χ0) is 18.2. The van der Waals surface area contributed by atoms with Crippen LogP contribution < -0.4 is 15.9 Å². The third-order valence-corrected chi connectivity index (χ3v) is 10.3. The molecular weight excluding hydrogens is 413 g/mol. The molecule has 0 spiro atoms. The monoisotopic (exact) mass is 443 g/mol.